The fourth-order valence-corrected chi connectivity index (χ4v) is 4.53. The fourth-order valence-electron chi connectivity index (χ4n) is 3.48. The third-order valence-electron chi connectivity index (χ3n) is 5.41. The highest BCUT2D eigenvalue weighted by molar-refractivity contribution is 7.92. The largest absolute Gasteiger partial charge is 0.478 e. The SMILES string of the molecule is CCc1ccc(S(=O)(=O)Nc2ccc(N(C)CCc3c(C)noc3C)c(C(=O)O)c2)cc1. The Bertz CT molecular complexity index is 1200. The molecule has 0 saturated heterocycles. The molecule has 0 aliphatic carbocycles. The van der Waals surface area contributed by atoms with E-state index in [9.17, 15) is 18.3 Å². The number of carbonyl (C=O) groups is 1. The lowest BCUT2D eigenvalue weighted by molar-refractivity contribution is 0.0697. The second-order valence-corrected chi connectivity index (χ2v) is 9.30. The Kier molecular flexibility index (Phi) is 6.88. The van der Waals surface area contributed by atoms with Crippen molar-refractivity contribution in [3.63, 3.8) is 0 Å². The average Bonchev–Trinajstić information content (AvgIpc) is 3.09. The van der Waals surface area contributed by atoms with Crippen LogP contribution in [0.25, 0.3) is 0 Å². The smallest absolute Gasteiger partial charge is 0.337 e. The summed E-state index contributed by atoms with van der Waals surface area (Å²) < 4.78 is 33.1. The van der Waals surface area contributed by atoms with E-state index in [2.05, 4.69) is 9.88 Å². The Morgan fingerprint density at radius 3 is 2.41 bits per heavy atom. The van der Waals surface area contributed by atoms with Crippen molar-refractivity contribution < 1.29 is 22.8 Å². The summed E-state index contributed by atoms with van der Waals surface area (Å²) >= 11 is 0. The highest BCUT2D eigenvalue weighted by atomic mass is 32.2. The number of carboxylic acids is 1. The molecular weight excluding hydrogens is 430 g/mol. The van der Waals surface area contributed by atoms with Crippen LogP contribution in [0, 0.1) is 13.8 Å². The molecule has 0 atom stereocenters. The monoisotopic (exact) mass is 457 g/mol. The van der Waals surface area contributed by atoms with Crippen molar-refractivity contribution in [1.29, 1.82) is 0 Å². The zero-order valence-electron chi connectivity index (χ0n) is 18.5. The zero-order valence-corrected chi connectivity index (χ0v) is 19.4. The minimum absolute atomic E-state index is 0.00722. The summed E-state index contributed by atoms with van der Waals surface area (Å²) in [4.78, 5) is 13.8. The van der Waals surface area contributed by atoms with Crippen LogP contribution in [0.4, 0.5) is 11.4 Å². The molecule has 0 unspecified atom stereocenters. The maximum absolute atomic E-state index is 12.7. The number of aromatic nitrogens is 1. The number of aromatic carboxylic acids is 1. The molecule has 9 heteroatoms. The van der Waals surface area contributed by atoms with Gasteiger partial charge in [0.2, 0.25) is 0 Å². The molecule has 0 saturated carbocycles. The highest BCUT2D eigenvalue weighted by Crippen LogP contribution is 2.26. The summed E-state index contributed by atoms with van der Waals surface area (Å²) in [7, 11) is -2.05. The molecule has 32 heavy (non-hydrogen) atoms. The van der Waals surface area contributed by atoms with Crippen molar-refractivity contribution in [2.24, 2.45) is 0 Å². The van der Waals surface area contributed by atoms with E-state index in [-0.39, 0.29) is 16.1 Å². The minimum atomic E-state index is -3.84. The number of likely N-dealkylation sites (N-methyl/N-ethyl adjacent to an activating group) is 1. The first-order chi connectivity index (χ1) is 15.1. The fraction of sp³-hybridized carbons (Fsp3) is 0.304. The van der Waals surface area contributed by atoms with E-state index < -0.39 is 16.0 Å². The molecule has 2 N–H and O–H groups in total. The summed E-state index contributed by atoms with van der Waals surface area (Å²) in [6.07, 6.45) is 1.44. The van der Waals surface area contributed by atoms with Gasteiger partial charge in [-0.05, 0) is 62.6 Å². The molecule has 0 amide bonds. The van der Waals surface area contributed by atoms with Crippen LogP contribution in [0.1, 0.15) is 39.9 Å². The average molecular weight is 458 g/mol. The molecule has 2 aromatic carbocycles. The summed E-state index contributed by atoms with van der Waals surface area (Å²) in [5.41, 5.74) is 3.51. The van der Waals surface area contributed by atoms with Crippen LogP contribution in [0.2, 0.25) is 0 Å². The summed E-state index contributed by atoms with van der Waals surface area (Å²) in [6, 6.07) is 11.1. The second kappa shape index (κ2) is 9.44. The van der Waals surface area contributed by atoms with Crippen LogP contribution in [0.15, 0.2) is 51.9 Å². The first-order valence-electron chi connectivity index (χ1n) is 10.2. The van der Waals surface area contributed by atoms with Gasteiger partial charge in [0, 0.05) is 24.8 Å². The molecule has 0 aliphatic rings. The molecule has 0 radical (unpaired) electrons. The number of nitrogens with one attached hydrogen (secondary N) is 1. The van der Waals surface area contributed by atoms with Gasteiger partial charge in [0.05, 0.1) is 21.8 Å². The number of benzene rings is 2. The number of anilines is 2. The van der Waals surface area contributed by atoms with Crippen LogP contribution in [0.3, 0.4) is 0 Å². The molecule has 8 nitrogen and oxygen atoms in total. The minimum Gasteiger partial charge on any atom is -0.478 e. The zero-order chi connectivity index (χ0) is 23.5. The van der Waals surface area contributed by atoms with Gasteiger partial charge in [-0.2, -0.15) is 0 Å². The van der Waals surface area contributed by atoms with Crippen LogP contribution < -0.4 is 9.62 Å². The Balaban J connectivity index is 1.81. The lowest BCUT2D eigenvalue weighted by Crippen LogP contribution is -2.23. The third-order valence-corrected chi connectivity index (χ3v) is 6.81. The molecule has 3 rings (SSSR count). The molecule has 0 fully saturated rings. The molecule has 0 aliphatic heterocycles. The van der Waals surface area contributed by atoms with Gasteiger partial charge >= 0.3 is 5.97 Å². The van der Waals surface area contributed by atoms with E-state index in [4.69, 9.17) is 4.52 Å². The second-order valence-electron chi connectivity index (χ2n) is 7.61. The van der Waals surface area contributed by atoms with Gasteiger partial charge in [-0.25, -0.2) is 13.2 Å². The Labute approximate surface area is 187 Å². The van der Waals surface area contributed by atoms with E-state index in [0.717, 1.165) is 29.0 Å². The summed E-state index contributed by atoms with van der Waals surface area (Å²) in [5, 5.41) is 13.7. The predicted octanol–water partition coefficient (Wildman–Crippen LogP) is 4.03. The van der Waals surface area contributed by atoms with Crippen molar-refractivity contribution in [3.8, 4) is 0 Å². The van der Waals surface area contributed by atoms with Gasteiger partial charge in [-0.3, -0.25) is 4.72 Å². The molecule has 170 valence electrons. The van der Waals surface area contributed by atoms with Crippen molar-refractivity contribution in [2.75, 3.05) is 23.2 Å². The third kappa shape index (κ3) is 5.11. The van der Waals surface area contributed by atoms with Gasteiger partial charge in [0.1, 0.15) is 5.76 Å². The van der Waals surface area contributed by atoms with Crippen LogP contribution >= 0.6 is 0 Å². The highest BCUT2D eigenvalue weighted by Gasteiger charge is 2.19. The quantitative estimate of drug-likeness (QED) is 0.499. The Hall–Kier alpha value is -3.33. The van der Waals surface area contributed by atoms with Crippen LogP contribution in [-0.2, 0) is 22.9 Å². The van der Waals surface area contributed by atoms with Gasteiger partial charge < -0.3 is 14.5 Å². The van der Waals surface area contributed by atoms with Crippen molar-refractivity contribution in [1.82, 2.24) is 5.16 Å². The van der Waals surface area contributed by atoms with Gasteiger partial charge in [0.15, 0.2) is 0 Å². The number of hydrogen-bond acceptors (Lipinski definition) is 6. The van der Waals surface area contributed by atoms with Gasteiger partial charge in [0.25, 0.3) is 10.0 Å². The number of nitrogens with zero attached hydrogens (tertiary/aromatic N) is 2. The normalized spacial score (nSPS) is 11.4. The van der Waals surface area contributed by atoms with Crippen LogP contribution in [-0.4, -0.2) is 38.2 Å². The van der Waals surface area contributed by atoms with Crippen molar-refractivity contribution in [3.05, 3.63) is 70.6 Å². The molecular formula is C23H27N3O5S. The summed E-state index contributed by atoms with van der Waals surface area (Å²) in [5.74, 6) is -0.399. The van der Waals surface area contributed by atoms with E-state index in [1.807, 2.05) is 25.7 Å². The Morgan fingerprint density at radius 2 is 1.84 bits per heavy atom. The van der Waals surface area contributed by atoms with E-state index in [0.29, 0.717) is 18.7 Å². The van der Waals surface area contributed by atoms with E-state index >= 15 is 0 Å². The topological polar surface area (TPSA) is 113 Å². The Morgan fingerprint density at radius 1 is 1.16 bits per heavy atom. The standard InChI is InChI=1S/C23H27N3O5S/c1-5-17-6-9-19(10-7-17)32(29,30)25-18-8-11-22(21(14-18)23(27)28)26(4)13-12-20-15(2)24-31-16(20)3/h6-11,14,25H,5,12-13H2,1-4H3,(H,27,28). The van der Waals surface area contributed by atoms with E-state index in [1.165, 1.54) is 18.2 Å². The van der Waals surface area contributed by atoms with Crippen molar-refractivity contribution in [2.45, 2.75) is 38.5 Å². The number of hydrogen-bond donors (Lipinski definition) is 2. The van der Waals surface area contributed by atoms with Crippen LogP contribution in [0.5, 0.6) is 0 Å². The summed E-state index contributed by atoms with van der Waals surface area (Å²) in [6.45, 7) is 6.24. The molecule has 0 bridgehead atoms. The maximum Gasteiger partial charge on any atom is 0.337 e. The molecule has 1 heterocycles. The number of aryl methyl sites for hydroxylation is 3. The number of rotatable bonds is 9. The molecule has 1 aromatic heterocycles. The van der Waals surface area contributed by atoms with Gasteiger partial charge in [-0.1, -0.05) is 24.2 Å². The molecule has 0 spiro atoms. The predicted molar refractivity (Wildman–Crippen MR) is 123 cm³/mol. The lowest BCUT2D eigenvalue weighted by Gasteiger charge is -2.22. The maximum atomic E-state index is 12.7. The molecule has 3 aromatic rings. The number of carboxylic acid groups (broad SMARTS) is 1. The number of sulfonamides is 1. The van der Waals surface area contributed by atoms with Gasteiger partial charge in [-0.15, -0.1) is 0 Å². The lowest BCUT2D eigenvalue weighted by atomic mass is 10.1. The first kappa shape index (κ1) is 23.3. The van der Waals surface area contributed by atoms with Crippen molar-refractivity contribution >= 4 is 27.4 Å². The first-order valence-corrected chi connectivity index (χ1v) is 11.7. The van der Waals surface area contributed by atoms with E-state index in [1.54, 1.807) is 31.3 Å².